The average molecular weight is 471 g/mol. The van der Waals surface area contributed by atoms with Gasteiger partial charge < -0.3 is 14.2 Å². The van der Waals surface area contributed by atoms with Gasteiger partial charge in [0.15, 0.2) is 0 Å². The molecular formula is C29H42O5. The van der Waals surface area contributed by atoms with Gasteiger partial charge >= 0.3 is 11.9 Å². The molecule has 1 aromatic rings. The highest BCUT2D eigenvalue weighted by Crippen LogP contribution is 2.41. The minimum absolute atomic E-state index is 0.0320. The van der Waals surface area contributed by atoms with E-state index in [4.69, 9.17) is 14.2 Å². The van der Waals surface area contributed by atoms with Gasteiger partial charge in [-0.2, -0.15) is 0 Å². The lowest BCUT2D eigenvalue weighted by molar-refractivity contribution is -0.138. The number of hydrogen-bond acceptors (Lipinski definition) is 5. The van der Waals surface area contributed by atoms with Gasteiger partial charge in [-0.1, -0.05) is 52.0 Å². The molecule has 0 spiro atoms. The third-order valence-electron chi connectivity index (χ3n) is 7.62. The number of esters is 2. The fourth-order valence-electron chi connectivity index (χ4n) is 5.58. The highest BCUT2D eigenvalue weighted by Gasteiger charge is 2.32. The van der Waals surface area contributed by atoms with Gasteiger partial charge in [0.2, 0.25) is 0 Å². The van der Waals surface area contributed by atoms with Gasteiger partial charge in [0, 0.05) is 6.08 Å². The summed E-state index contributed by atoms with van der Waals surface area (Å²) in [5.74, 6) is 2.54. The maximum Gasteiger partial charge on any atom is 0.338 e. The second kappa shape index (κ2) is 14.2. The molecule has 0 aromatic heterocycles. The van der Waals surface area contributed by atoms with Crippen LogP contribution in [-0.4, -0.2) is 31.3 Å². The van der Waals surface area contributed by atoms with Crippen molar-refractivity contribution in [1.82, 2.24) is 0 Å². The van der Waals surface area contributed by atoms with Crippen molar-refractivity contribution in [3.05, 3.63) is 42.5 Å². The topological polar surface area (TPSA) is 61.8 Å². The van der Waals surface area contributed by atoms with Crippen molar-refractivity contribution < 1.29 is 23.8 Å². The summed E-state index contributed by atoms with van der Waals surface area (Å²) in [5.41, 5.74) is 0.536. The van der Waals surface area contributed by atoms with E-state index in [-0.39, 0.29) is 25.3 Å². The molecule has 0 aliphatic heterocycles. The van der Waals surface area contributed by atoms with Crippen LogP contribution in [0.25, 0.3) is 0 Å². The van der Waals surface area contributed by atoms with Crippen molar-refractivity contribution in [3.63, 3.8) is 0 Å². The molecule has 1 aromatic carbocycles. The molecule has 0 amide bonds. The van der Waals surface area contributed by atoms with E-state index in [2.05, 4.69) is 13.5 Å². The van der Waals surface area contributed by atoms with E-state index >= 15 is 0 Å². The van der Waals surface area contributed by atoms with Crippen LogP contribution in [-0.2, 0) is 14.3 Å². The first-order valence-electron chi connectivity index (χ1n) is 13.3. The fourth-order valence-corrected chi connectivity index (χ4v) is 5.58. The summed E-state index contributed by atoms with van der Waals surface area (Å²) < 4.78 is 16.2. The van der Waals surface area contributed by atoms with Crippen molar-refractivity contribution in [2.45, 2.75) is 90.1 Å². The SMILES string of the molecule is C=CC(=O)OCCOc1ccc(C(=O)OC2CCC(C3CCC(CCCCC)CC3)CC2)cc1. The molecule has 3 rings (SSSR count). The monoisotopic (exact) mass is 470 g/mol. The fraction of sp³-hybridized carbons (Fsp3) is 0.655. The third-order valence-corrected chi connectivity index (χ3v) is 7.62. The van der Waals surface area contributed by atoms with Gasteiger partial charge in [-0.05, 0) is 80.5 Å². The van der Waals surface area contributed by atoms with Crippen LogP contribution in [0.3, 0.4) is 0 Å². The highest BCUT2D eigenvalue weighted by atomic mass is 16.6. The molecule has 0 unspecified atom stereocenters. The van der Waals surface area contributed by atoms with Crippen molar-refractivity contribution in [1.29, 1.82) is 0 Å². The Balaban J connectivity index is 1.33. The van der Waals surface area contributed by atoms with Crippen LogP contribution in [0.1, 0.15) is 94.3 Å². The van der Waals surface area contributed by atoms with E-state index in [1.807, 2.05) is 0 Å². The molecule has 0 bridgehead atoms. The molecule has 0 saturated heterocycles. The molecule has 0 N–H and O–H groups in total. The van der Waals surface area contributed by atoms with Gasteiger partial charge in [0.1, 0.15) is 25.1 Å². The number of ether oxygens (including phenoxy) is 3. The first kappa shape index (κ1) is 26.3. The predicted molar refractivity (Wildman–Crippen MR) is 134 cm³/mol. The molecule has 0 atom stereocenters. The zero-order chi connectivity index (χ0) is 24.2. The number of carbonyl (C=O) groups excluding carboxylic acids is 2. The smallest absolute Gasteiger partial charge is 0.338 e. The minimum Gasteiger partial charge on any atom is -0.490 e. The standard InChI is InChI=1S/C29H42O5/c1-3-5-6-7-22-8-10-23(11-9-22)24-12-18-27(19-13-24)34-29(31)25-14-16-26(17-15-25)32-20-21-33-28(30)4-2/h4,14-17,22-24,27H,2-3,5-13,18-21H2,1H3. The van der Waals surface area contributed by atoms with E-state index in [1.54, 1.807) is 24.3 Å². The Hall–Kier alpha value is -2.30. The average Bonchev–Trinajstić information content (AvgIpc) is 2.88. The molecular weight excluding hydrogens is 428 g/mol. The molecule has 188 valence electrons. The van der Waals surface area contributed by atoms with E-state index in [9.17, 15) is 9.59 Å². The molecule has 5 nitrogen and oxygen atoms in total. The lowest BCUT2D eigenvalue weighted by atomic mass is 9.70. The maximum atomic E-state index is 12.6. The molecule has 5 heteroatoms. The number of carbonyl (C=O) groups is 2. The summed E-state index contributed by atoms with van der Waals surface area (Å²) in [6.45, 7) is 6.02. The second-order valence-electron chi connectivity index (χ2n) is 9.96. The number of benzene rings is 1. The zero-order valence-corrected chi connectivity index (χ0v) is 20.8. The normalized spacial score (nSPS) is 24.7. The van der Waals surface area contributed by atoms with Gasteiger partial charge in [-0.25, -0.2) is 9.59 Å². The van der Waals surface area contributed by atoms with Crippen molar-refractivity contribution >= 4 is 11.9 Å². The molecule has 2 fully saturated rings. The highest BCUT2D eigenvalue weighted by molar-refractivity contribution is 5.89. The van der Waals surface area contributed by atoms with E-state index < -0.39 is 5.97 Å². The summed E-state index contributed by atoms with van der Waals surface area (Å²) >= 11 is 0. The van der Waals surface area contributed by atoms with Gasteiger partial charge in [0.05, 0.1) is 5.56 Å². The van der Waals surface area contributed by atoms with Crippen LogP contribution in [0, 0.1) is 17.8 Å². The zero-order valence-electron chi connectivity index (χ0n) is 20.8. The Bertz CT molecular complexity index is 755. The van der Waals surface area contributed by atoms with Crippen LogP contribution in [0.4, 0.5) is 0 Å². The lowest BCUT2D eigenvalue weighted by Crippen LogP contribution is -2.29. The van der Waals surface area contributed by atoms with Crippen LogP contribution in [0.5, 0.6) is 5.75 Å². The largest absolute Gasteiger partial charge is 0.490 e. The van der Waals surface area contributed by atoms with Gasteiger partial charge in [-0.15, -0.1) is 0 Å². The Morgan fingerprint density at radius 3 is 2.18 bits per heavy atom. The van der Waals surface area contributed by atoms with Crippen molar-refractivity contribution in [2.75, 3.05) is 13.2 Å². The summed E-state index contributed by atoms with van der Waals surface area (Å²) in [5, 5.41) is 0. The van der Waals surface area contributed by atoms with Crippen molar-refractivity contribution in [3.8, 4) is 5.75 Å². The Labute approximate surface area is 205 Å². The molecule has 2 saturated carbocycles. The Morgan fingerprint density at radius 2 is 1.56 bits per heavy atom. The quantitative estimate of drug-likeness (QED) is 0.189. The minimum atomic E-state index is -0.471. The Morgan fingerprint density at radius 1 is 0.912 bits per heavy atom. The maximum absolute atomic E-state index is 12.6. The van der Waals surface area contributed by atoms with Crippen LogP contribution in [0.15, 0.2) is 36.9 Å². The summed E-state index contributed by atoms with van der Waals surface area (Å²) in [6.07, 6.45) is 16.7. The van der Waals surface area contributed by atoms with Crippen molar-refractivity contribution in [2.24, 2.45) is 17.8 Å². The van der Waals surface area contributed by atoms with Crippen LogP contribution >= 0.6 is 0 Å². The lowest BCUT2D eigenvalue weighted by Gasteiger charge is -2.37. The molecule has 0 heterocycles. The number of hydrogen-bond donors (Lipinski definition) is 0. The summed E-state index contributed by atoms with van der Waals surface area (Å²) in [6, 6.07) is 6.92. The summed E-state index contributed by atoms with van der Waals surface area (Å²) in [7, 11) is 0. The van der Waals surface area contributed by atoms with E-state index in [0.29, 0.717) is 11.3 Å². The first-order chi connectivity index (χ1) is 16.6. The van der Waals surface area contributed by atoms with Gasteiger partial charge in [0.25, 0.3) is 0 Å². The van der Waals surface area contributed by atoms with Crippen LogP contribution in [0.2, 0.25) is 0 Å². The molecule has 0 radical (unpaired) electrons. The number of unbranched alkanes of at least 4 members (excludes halogenated alkanes) is 2. The molecule has 2 aliphatic rings. The molecule has 2 aliphatic carbocycles. The number of rotatable bonds is 12. The van der Waals surface area contributed by atoms with E-state index in [0.717, 1.165) is 36.7 Å². The summed E-state index contributed by atoms with van der Waals surface area (Å²) in [4.78, 5) is 23.6. The second-order valence-corrected chi connectivity index (χ2v) is 9.96. The molecule has 34 heavy (non-hydrogen) atoms. The van der Waals surface area contributed by atoms with Gasteiger partial charge in [-0.3, -0.25) is 0 Å². The predicted octanol–water partition coefficient (Wildman–Crippen LogP) is 6.90. The third kappa shape index (κ3) is 8.48. The van der Waals surface area contributed by atoms with E-state index in [1.165, 1.54) is 64.2 Å². The van der Waals surface area contributed by atoms with Crippen LogP contribution < -0.4 is 4.74 Å². The first-order valence-corrected chi connectivity index (χ1v) is 13.3. The Kier molecular flexibility index (Phi) is 11.0.